The maximum atomic E-state index is 6.12. The predicted molar refractivity (Wildman–Crippen MR) is 83.5 cm³/mol. The molecule has 0 radical (unpaired) electrons. The number of rotatable bonds is 6. The van der Waals surface area contributed by atoms with Gasteiger partial charge in [-0.05, 0) is 43.7 Å². The van der Waals surface area contributed by atoms with Crippen LogP contribution in [0.15, 0.2) is 30.3 Å². The van der Waals surface area contributed by atoms with Crippen LogP contribution in [0.3, 0.4) is 0 Å². The summed E-state index contributed by atoms with van der Waals surface area (Å²) in [6, 6.07) is 11.3. The van der Waals surface area contributed by atoms with Crippen molar-refractivity contribution in [2.75, 3.05) is 18.0 Å². The number of hydrogen-bond donors (Lipinski definition) is 1. The van der Waals surface area contributed by atoms with Gasteiger partial charge in [0.1, 0.15) is 0 Å². The highest BCUT2D eigenvalue weighted by atomic mass is 15.1. The average molecular weight is 260 g/mol. The van der Waals surface area contributed by atoms with Crippen LogP contribution in [0.5, 0.6) is 0 Å². The van der Waals surface area contributed by atoms with Crippen molar-refractivity contribution in [2.45, 2.75) is 51.5 Å². The van der Waals surface area contributed by atoms with Crippen LogP contribution >= 0.6 is 0 Å². The molecule has 0 aromatic heterocycles. The van der Waals surface area contributed by atoms with Crippen molar-refractivity contribution in [3.05, 3.63) is 30.3 Å². The van der Waals surface area contributed by atoms with Crippen molar-refractivity contribution in [1.82, 2.24) is 0 Å². The summed E-state index contributed by atoms with van der Waals surface area (Å²) in [7, 11) is 0. The van der Waals surface area contributed by atoms with E-state index < -0.39 is 0 Å². The standard InChI is InChI=1S/C17H28N2/c1-2-3-12-19(17-10-5-4-6-11-17)14-15-8-7-9-16(18)13-15/h4-6,10-11,15-16H,2-3,7-9,12-14,18H2,1H3. The van der Waals surface area contributed by atoms with Crippen molar-refractivity contribution >= 4 is 5.69 Å². The number of anilines is 1. The van der Waals surface area contributed by atoms with Gasteiger partial charge in [0.05, 0.1) is 0 Å². The summed E-state index contributed by atoms with van der Waals surface area (Å²) in [5.74, 6) is 0.779. The summed E-state index contributed by atoms with van der Waals surface area (Å²) in [6.07, 6.45) is 7.61. The molecule has 2 unspecified atom stereocenters. The summed E-state index contributed by atoms with van der Waals surface area (Å²) < 4.78 is 0. The molecule has 2 atom stereocenters. The molecule has 0 spiro atoms. The van der Waals surface area contributed by atoms with Crippen LogP contribution in [0, 0.1) is 5.92 Å². The number of hydrogen-bond acceptors (Lipinski definition) is 2. The topological polar surface area (TPSA) is 29.3 Å². The highest BCUT2D eigenvalue weighted by molar-refractivity contribution is 5.45. The van der Waals surface area contributed by atoms with E-state index in [1.165, 1.54) is 57.3 Å². The molecule has 2 N–H and O–H groups in total. The second kappa shape index (κ2) is 7.54. The van der Waals surface area contributed by atoms with Crippen molar-refractivity contribution in [2.24, 2.45) is 11.7 Å². The maximum absolute atomic E-state index is 6.12. The molecule has 2 rings (SSSR count). The van der Waals surface area contributed by atoms with Crippen LogP contribution in [0.4, 0.5) is 5.69 Å². The monoisotopic (exact) mass is 260 g/mol. The van der Waals surface area contributed by atoms with Crippen LogP contribution < -0.4 is 10.6 Å². The van der Waals surface area contributed by atoms with E-state index in [-0.39, 0.29) is 0 Å². The Morgan fingerprint density at radius 1 is 1.21 bits per heavy atom. The molecule has 1 fully saturated rings. The summed E-state index contributed by atoms with van der Waals surface area (Å²) in [5, 5.41) is 0. The highest BCUT2D eigenvalue weighted by Crippen LogP contribution is 2.26. The van der Waals surface area contributed by atoms with Gasteiger partial charge in [-0.3, -0.25) is 0 Å². The zero-order chi connectivity index (χ0) is 13.5. The predicted octanol–water partition coefficient (Wildman–Crippen LogP) is 3.81. The van der Waals surface area contributed by atoms with Gasteiger partial charge in [-0.2, -0.15) is 0 Å². The smallest absolute Gasteiger partial charge is 0.0366 e. The molecular weight excluding hydrogens is 232 g/mol. The van der Waals surface area contributed by atoms with Gasteiger partial charge in [-0.15, -0.1) is 0 Å². The Hall–Kier alpha value is -1.02. The van der Waals surface area contributed by atoms with Gasteiger partial charge >= 0.3 is 0 Å². The largest absolute Gasteiger partial charge is 0.371 e. The molecule has 106 valence electrons. The van der Waals surface area contributed by atoms with Crippen molar-refractivity contribution in [1.29, 1.82) is 0 Å². The molecule has 1 aromatic carbocycles. The Bertz CT molecular complexity index is 350. The lowest BCUT2D eigenvalue weighted by atomic mass is 9.85. The van der Waals surface area contributed by atoms with Gasteiger partial charge in [-0.1, -0.05) is 38.0 Å². The van der Waals surface area contributed by atoms with Gasteiger partial charge in [0, 0.05) is 24.8 Å². The van der Waals surface area contributed by atoms with E-state index >= 15 is 0 Å². The first-order chi connectivity index (χ1) is 9.29. The Kier molecular flexibility index (Phi) is 5.71. The van der Waals surface area contributed by atoms with Gasteiger partial charge in [0.15, 0.2) is 0 Å². The molecule has 1 aliphatic rings. The third-order valence-electron chi connectivity index (χ3n) is 4.20. The quantitative estimate of drug-likeness (QED) is 0.842. The average Bonchev–Trinajstić information content (AvgIpc) is 2.44. The molecule has 2 heteroatoms. The SMILES string of the molecule is CCCCN(CC1CCCC(N)C1)c1ccccc1. The van der Waals surface area contributed by atoms with E-state index in [2.05, 4.69) is 42.2 Å². The molecule has 0 amide bonds. The fourth-order valence-corrected chi connectivity index (χ4v) is 3.12. The summed E-state index contributed by atoms with van der Waals surface area (Å²) >= 11 is 0. The van der Waals surface area contributed by atoms with Crippen molar-refractivity contribution in [3.63, 3.8) is 0 Å². The van der Waals surface area contributed by atoms with Crippen molar-refractivity contribution < 1.29 is 0 Å². The molecule has 0 aliphatic heterocycles. The molecule has 1 aromatic rings. The summed E-state index contributed by atoms with van der Waals surface area (Å²) in [4.78, 5) is 2.56. The van der Waals surface area contributed by atoms with E-state index in [0.717, 1.165) is 5.92 Å². The fraction of sp³-hybridized carbons (Fsp3) is 0.647. The molecule has 0 heterocycles. The number of para-hydroxylation sites is 1. The Morgan fingerprint density at radius 2 is 2.00 bits per heavy atom. The number of nitrogens with zero attached hydrogens (tertiary/aromatic N) is 1. The zero-order valence-corrected chi connectivity index (χ0v) is 12.2. The minimum atomic E-state index is 0.433. The second-order valence-corrected chi connectivity index (χ2v) is 5.93. The van der Waals surface area contributed by atoms with Crippen LogP contribution in [0.25, 0.3) is 0 Å². The lowest BCUT2D eigenvalue weighted by molar-refractivity contribution is 0.322. The van der Waals surface area contributed by atoms with Crippen LogP contribution in [-0.4, -0.2) is 19.1 Å². The van der Waals surface area contributed by atoms with Crippen LogP contribution in [0.1, 0.15) is 45.4 Å². The van der Waals surface area contributed by atoms with E-state index in [0.29, 0.717) is 6.04 Å². The molecule has 2 nitrogen and oxygen atoms in total. The zero-order valence-electron chi connectivity index (χ0n) is 12.2. The molecule has 1 saturated carbocycles. The van der Waals surface area contributed by atoms with Crippen LogP contribution in [-0.2, 0) is 0 Å². The van der Waals surface area contributed by atoms with Gasteiger partial charge in [0.2, 0.25) is 0 Å². The maximum Gasteiger partial charge on any atom is 0.0366 e. The third-order valence-corrected chi connectivity index (χ3v) is 4.20. The lowest BCUT2D eigenvalue weighted by Gasteiger charge is -2.33. The van der Waals surface area contributed by atoms with Crippen LogP contribution in [0.2, 0.25) is 0 Å². The lowest BCUT2D eigenvalue weighted by Crippen LogP contribution is -2.36. The highest BCUT2D eigenvalue weighted by Gasteiger charge is 2.21. The number of benzene rings is 1. The van der Waals surface area contributed by atoms with Crippen molar-refractivity contribution in [3.8, 4) is 0 Å². The van der Waals surface area contributed by atoms with Gasteiger partial charge in [0.25, 0.3) is 0 Å². The fourth-order valence-electron chi connectivity index (χ4n) is 3.12. The minimum Gasteiger partial charge on any atom is -0.371 e. The second-order valence-electron chi connectivity index (χ2n) is 5.93. The van der Waals surface area contributed by atoms with E-state index in [4.69, 9.17) is 5.73 Å². The molecule has 1 aliphatic carbocycles. The van der Waals surface area contributed by atoms with E-state index in [9.17, 15) is 0 Å². The first-order valence-corrected chi connectivity index (χ1v) is 7.85. The number of nitrogens with two attached hydrogens (primary N) is 1. The molecule has 19 heavy (non-hydrogen) atoms. The Morgan fingerprint density at radius 3 is 2.68 bits per heavy atom. The minimum absolute atomic E-state index is 0.433. The summed E-state index contributed by atoms with van der Waals surface area (Å²) in [6.45, 7) is 4.61. The van der Waals surface area contributed by atoms with Gasteiger partial charge in [-0.25, -0.2) is 0 Å². The van der Waals surface area contributed by atoms with Gasteiger partial charge < -0.3 is 10.6 Å². The van der Waals surface area contributed by atoms with E-state index in [1.54, 1.807) is 0 Å². The molecule has 0 bridgehead atoms. The Labute approximate surface area is 118 Å². The first kappa shape index (κ1) is 14.4. The number of unbranched alkanes of at least 4 members (excludes halogenated alkanes) is 1. The normalized spacial score (nSPS) is 23.3. The third kappa shape index (κ3) is 4.54. The van der Waals surface area contributed by atoms with E-state index in [1.807, 2.05) is 0 Å². The molecule has 0 saturated heterocycles. The molecular formula is C17H28N2. The first-order valence-electron chi connectivity index (χ1n) is 7.85. The summed E-state index contributed by atoms with van der Waals surface area (Å²) in [5.41, 5.74) is 7.49. The Balaban J connectivity index is 1.97.